The maximum atomic E-state index is 5.55. The summed E-state index contributed by atoms with van der Waals surface area (Å²) in [5, 5.41) is 3.95. The Morgan fingerprint density at radius 1 is 1.11 bits per heavy atom. The van der Waals surface area contributed by atoms with Gasteiger partial charge >= 0.3 is 0 Å². The molecule has 0 fully saturated rings. The lowest BCUT2D eigenvalue weighted by Gasteiger charge is -2.17. The number of hydrogen-bond donors (Lipinski definition) is 0. The molecule has 0 atom stereocenters. The van der Waals surface area contributed by atoms with Gasteiger partial charge in [0.1, 0.15) is 5.75 Å². The van der Waals surface area contributed by atoms with E-state index < -0.39 is 0 Å². The first-order valence-electron chi connectivity index (χ1n) is 5.74. The normalized spacial score (nSPS) is 10.8. The molecule has 0 aliphatic heterocycles. The summed E-state index contributed by atoms with van der Waals surface area (Å²) in [7, 11) is 1.68. The Hall–Kier alpha value is -1.29. The number of ether oxygens (including phenoxy) is 1. The second-order valence-electron chi connectivity index (χ2n) is 4.43. The molecule has 1 heterocycles. The molecular formula is C14H16BrNO2. The zero-order valence-corrected chi connectivity index (χ0v) is 12.8. The van der Waals surface area contributed by atoms with Gasteiger partial charge in [-0.2, -0.15) is 0 Å². The molecule has 3 nitrogen and oxygen atoms in total. The minimum absolute atomic E-state index is 0.741. The molecule has 18 heavy (non-hydrogen) atoms. The van der Waals surface area contributed by atoms with Gasteiger partial charge in [0.25, 0.3) is 0 Å². The predicted octanol–water partition coefficient (Wildman–Crippen LogP) is 4.35. The molecule has 1 aromatic carbocycles. The summed E-state index contributed by atoms with van der Waals surface area (Å²) in [5.74, 6) is 1.59. The molecule has 1 aromatic heterocycles. The number of benzene rings is 1. The smallest absolute Gasteiger partial charge is 0.171 e. The van der Waals surface area contributed by atoms with Gasteiger partial charge in [-0.3, -0.25) is 0 Å². The molecule has 0 N–H and O–H groups in total. The Bertz CT molecular complexity index is 602. The third kappa shape index (κ3) is 1.94. The highest BCUT2D eigenvalue weighted by molar-refractivity contribution is 9.10. The average Bonchev–Trinajstić information content (AvgIpc) is 2.77. The standard InChI is InChI=1S/C14H16BrNO2/c1-7-6-11(18-16-7)12-10(4)13(15)8(2)9(3)14(12)17-5/h6H,1-5H3. The van der Waals surface area contributed by atoms with E-state index in [1.807, 2.05) is 26.8 Å². The van der Waals surface area contributed by atoms with Crippen LogP contribution in [0.15, 0.2) is 15.1 Å². The van der Waals surface area contributed by atoms with Crippen molar-refractivity contribution in [1.82, 2.24) is 5.16 Å². The van der Waals surface area contributed by atoms with E-state index in [1.54, 1.807) is 7.11 Å². The van der Waals surface area contributed by atoms with E-state index in [-0.39, 0.29) is 0 Å². The van der Waals surface area contributed by atoms with Gasteiger partial charge in [-0.1, -0.05) is 21.1 Å². The fraction of sp³-hybridized carbons (Fsp3) is 0.357. The van der Waals surface area contributed by atoms with Gasteiger partial charge in [0, 0.05) is 10.5 Å². The van der Waals surface area contributed by atoms with Crippen molar-refractivity contribution < 1.29 is 9.26 Å². The lowest BCUT2D eigenvalue weighted by molar-refractivity contribution is 0.401. The maximum absolute atomic E-state index is 5.55. The highest BCUT2D eigenvalue weighted by atomic mass is 79.9. The number of hydrogen-bond acceptors (Lipinski definition) is 3. The van der Waals surface area contributed by atoms with Gasteiger partial charge in [0.05, 0.1) is 18.4 Å². The lowest BCUT2D eigenvalue weighted by atomic mass is 9.97. The quantitative estimate of drug-likeness (QED) is 0.827. The second kappa shape index (κ2) is 4.76. The topological polar surface area (TPSA) is 35.3 Å². The molecule has 2 aromatic rings. The molecule has 0 amide bonds. The van der Waals surface area contributed by atoms with Crippen LogP contribution in [0.5, 0.6) is 5.75 Å². The van der Waals surface area contributed by atoms with E-state index in [1.165, 1.54) is 5.56 Å². The van der Waals surface area contributed by atoms with Crippen LogP contribution >= 0.6 is 15.9 Å². The Morgan fingerprint density at radius 2 is 1.78 bits per heavy atom. The molecule has 0 saturated heterocycles. The first-order chi connectivity index (χ1) is 8.47. The van der Waals surface area contributed by atoms with Crippen LogP contribution in [0.3, 0.4) is 0 Å². The molecule has 0 aliphatic rings. The lowest BCUT2D eigenvalue weighted by Crippen LogP contribution is -1.98. The Morgan fingerprint density at radius 3 is 2.28 bits per heavy atom. The van der Waals surface area contributed by atoms with Crippen LogP contribution in [0.25, 0.3) is 11.3 Å². The fourth-order valence-corrected chi connectivity index (χ4v) is 2.61. The first-order valence-corrected chi connectivity index (χ1v) is 6.53. The van der Waals surface area contributed by atoms with Gasteiger partial charge in [-0.05, 0) is 44.4 Å². The number of aryl methyl sites for hydroxylation is 1. The fourth-order valence-electron chi connectivity index (χ4n) is 2.12. The summed E-state index contributed by atoms with van der Waals surface area (Å²) >= 11 is 3.63. The molecule has 0 spiro atoms. The minimum atomic E-state index is 0.741. The second-order valence-corrected chi connectivity index (χ2v) is 5.22. The number of halogens is 1. The molecule has 0 radical (unpaired) electrons. The Kier molecular flexibility index (Phi) is 3.48. The van der Waals surface area contributed by atoms with Crippen molar-refractivity contribution in [1.29, 1.82) is 0 Å². The first kappa shape index (κ1) is 13.1. The van der Waals surface area contributed by atoms with Gasteiger partial charge in [-0.15, -0.1) is 0 Å². The van der Waals surface area contributed by atoms with Gasteiger partial charge in [0.2, 0.25) is 0 Å². The molecular weight excluding hydrogens is 294 g/mol. The molecule has 0 saturated carbocycles. The summed E-state index contributed by atoms with van der Waals surface area (Å²) in [6.07, 6.45) is 0. The number of nitrogens with zero attached hydrogens (tertiary/aromatic N) is 1. The van der Waals surface area contributed by atoms with Crippen molar-refractivity contribution >= 4 is 15.9 Å². The van der Waals surface area contributed by atoms with Crippen molar-refractivity contribution in [3.05, 3.63) is 32.9 Å². The van der Waals surface area contributed by atoms with Crippen molar-refractivity contribution in [2.75, 3.05) is 7.11 Å². The summed E-state index contributed by atoms with van der Waals surface area (Å²) < 4.78 is 12.0. The summed E-state index contributed by atoms with van der Waals surface area (Å²) in [6, 6.07) is 1.92. The monoisotopic (exact) mass is 309 g/mol. The Labute approximate surface area is 115 Å². The van der Waals surface area contributed by atoms with Crippen LogP contribution in [-0.2, 0) is 0 Å². The third-order valence-corrected chi connectivity index (χ3v) is 4.43. The van der Waals surface area contributed by atoms with Crippen molar-refractivity contribution in [2.24, 2.45) is 0 Å². The van der Waals surface area contributed by atoms with Gasteiger partial charge < -0.3 is 9.26 Å². The van der Waals surface area contributed by atoms with Crippen LogP contribution in [0, 0.1) is 27.7 Å². The SMILES string of the molecule is COc1c(C)c(C)c(Br)c(C)c1-c1cc(C)no1. The van der Waals surface area contributed by atoms with E-state index in [2.05, 4.69) is 28.0 Å². The molecule has 2 rings (SSSR count). The van der Waals surface area contributed by atoms with Crippen LogP contribution < -0.4 is 4.74 Å². The van der Waals surface area contributed by atoms with Crippen molar-refractivity contribution in [3.63, 3.8) is 0 Å². The van der Waals surface area contributed by atoms with Crippen LogP contribution in [0.1, 0.15) is 22.4 Å². The number of rotatable bonds is 2. The third-order valence-electron chi connectivity index (χ3n) is 3.24. The van der Waals surface area contributed by atoms with E-state index in [4.69, 9.17) is 9.26 Å². The maximum Gasteiger partial charge on any atom is 0.171 e. The zero-order chi connectivity index (χ0) is 13.4. The number of methoxy groups -OCH3 is 1. The zero-order valence-electron chi connectivity index (χ0n) is 11.2. The molecule has 0 aliphatic carbocycles. The summed E-state index contributed by atoms with van der Waals surface area (Å²) in [5.41, 5.74) is 5.23. The van der Waals surface area contributed by atoms with E-state index in [9.17, 15) is 0 Å². The highest BCUT2D eigenvalue weighted by Crippen LogP contribution is 2.42. The summed E-state index contributed by atoms with van der Waals surface area (Å²) in [4.78, 5) is 0. The Balaban J connectivity index is 2.81. The average molecular weight is 310 g/mol. The molecule has 0 bridgehead atoms. The molecule has 96 valence electrons. The van der Waals surface area contributed by atoms with E-state index >= 15 is 0 Å². The molecule has 0 unspecified atom stereocenters. The summed E-state index contributed by atoms with van der Waals surface area (Å²) in [6.45, 7) is 8.08. The van der Waals surface area contributed by atoms with Crippen molar-refractivity contribution in [2.45, 2.75) is 27.7 Å². The minimum Gasteiger partial charge on any atom is -0.496 e. The van der Waals surface area contributed by atoms with Crippen molar-refractivity contribution in [3.8, 4) is 17.1 Å². The van der Waals surface area contributed by atoms with Gasteiger partial charge in [-0.25, -0.2) is 0 Å². The van der Waals surface area contributed by atoms with Crippen LogP contribution in [0.4, 0.5) is 0 Å². The largest absolute Gasteiger partial charge is 0.496 e. The molecule has 4 heteroatoms. The van der Waals surface area contributed by atoms with E-state index in [0.717, 1.165) is 38.4 Å². The predicted molar refractivity (Wildman–Crippen MR) is 75.1 cm³/mol. The van der Waals surface area contributed by atoms with Crippen LogP contribution in [0.2, 0.25) is 0 Å². The number of aromatic nitrogens is 1. The van der Waals surface area contributed by atoms with Crippen LogP contribution in [-0.4, -0.2) is 12.3 Å². The van der Waals surface area contributed by atoms with Gasteiger partial charge in [0.15, 0.2) is 5.76 Å². The highest BCUT2D eigenvalue weighted by Gasteiger charge is 2.20. The van der Waals surface area contributed by atoms with E-state index in [0.29, 0.717) is 0 Å².